The standard InChI is InChI=1S/C31H24F6N2O5/c32-30(33,34)24-13-21(14-25(16-24)31(35,36)37)12-23-8-7-22-15-26(9-10-27(22)29(23)41)44-18-28(40)38-17-20-5-3-19(4-6-20)2-1-11-39(42)43/h1-3,5,9-10,12-16,42-43H,7-8,11,17-18H2,(H,38,40)/b2-1+,23-12+. The molecule has 0 bridgehead atoms. The molecular formula is C31H24F6N2O5. The van der Waals surface area contributed by atoms with Crippen LogP contribution in [0.2, 0.25) is 0 Å². The van der Waals surface area contributed by atoms with Gasteiger partial charge in [-0.25, -0.2) is 0 Å². The van der Waals surface area contributed by atoms with Crippen molar-refractivity contribution < 1.29 is 51.1 Å². The van der Waals surface area contributed by atoms with Crippen LogP contribution in [-0.4, -0.2) is 40.5 Å². The topological polar surface area (TPSA) is 99.1 Å². The van der Waals surface area contributed by atoms with Crippen molar-refractivity contribution in [3.63, 3.8) is 0 Å². The van der Waals surface area contributed by atoms with Crippen molar-refractivity contribution in [2.75, 3.05) is 13.2 Å². The van der Waals surface area contributed by atoms with Gasteiger partial charge in [0.15, 0.2) is 12.4 Å². The summed E-state index contributed by atoms with van der Waals surface area (Å²) in [5, 5.41) is 20.1. The maximum absolute atomic E-state index is 13.2. The van der Waals surface area contributed by atoms with E-state index in [1.165, 1.54) is 18.2 Å². The van der Waals surface area contributed by atoms with E-state index in [1.54, 1.807) is 24.3 Å². The van der Waals surface area contributed by atoms with E-state index >= 15 is 0 Å². The predicted octanol–water partition coefficient (Wildman–Crippen LogP) is 6.33. The number of hydrogen-bond donors (Lipinski definition) is 3. The van der Waals surface area contributed by atoms with E-state index in [0.717, 1.165) is 6.08 Å². The highest BCUT2D eigenvalue weighted by molar-refractivity contribution is 6.13. The Labute approximate surface area is 247 Å². The Morgan fingerprint density at radius 1 is 0.955 bits per heavy atom. The van der Waals surface area contributed by atoms with E-state index in [-0.39, 0.29) is 60.5 Å². The number of aryl methyl sites for hydroxylation is 1. The second-order valence-electron chi connectivity index (χ2n) is 9.74. The first-order valence-electron chi connectivity index (χ1n) is 13.0. The zero-order valence-corrected chi connectivity index (χ0v) is 22.7. The Morgan fingerprint density at radius 3 is 2.27 bits per heavy atom. The zero-order chi connectivity index (χ0) is 32.1. The van der Waals surface area contributed by atoms with Gasteiger partial charge in [0, 0.05) is 22.3 Å². The van der Waals surface area contributed by atoms with Gasteiger partial charge in [0.2, 0.25) is 0 Å². The van der Waals surface area contributed by atoms with Crippen LogP contribution >= 0.6 is 0 Å². The molecular weight excluding hydrogens is 594 g/mol. The number of alkyl halides is 6. The first-order valence-corrected chi connectivity index (χ1v) is 13.0. The number of hydroxylamine groups is 2. The van der Waals surface area contributed by atoms with Gasteiger partial charge in [-0.05, 0) is 84.7 Å². The van der Waals surface area contributed by atoms with Gasteiger partial charge in [0.25, 0.3) is 5.91 Å². The van der Waals surface area contributed by atoms with E-state index in [9.17, 15) is 35.9 Å². The minimum absolute atomic E-state index is 0.0258. The van der Waals surface area contributed by atoms with E-state index in [0.29, 0.717) is 34.6 Å². The molecule has 230 valence electrons. The van der Waals surface area contributed by atoms with E-state index in [2.05, 4.69) is 17.4 Å². The molecule has 0 aromatic heterocycles. The van der Waals surface area contributed by atoms with Gasteiger partial charge >= 0.3 is 12.4 Å². The third-order valence-electron chi connectivity index (χ3n) is 6.47. The lowest BCUT2D eigenvalue weighted by Gasteiger charge is -2.19. The van der Waals surface area contributed by atoms with Crippen molar-refractivity contribution in [3.05, 3.63) is 111 Å². The number of amides is 1. The summed E-state index contributed by atoms with van der Waals surface area (Å²) in [5.74, 6) is -0.668. The molecule has 3 N–H and O–H groups in total. The van der Waals surface area contributed by atoms with E-state index < -0.39 is 35.2 Å². The Bertz CT molecular complexity index is 1550. The SMILES string of the molecule is O=C(COc1ccc2c(c1)CC/C(=C\c1cc(C(F)(F)F)cc(C(F)(F)F)c1)C2=O)NCc1c#cc(/C=C/CN(O)O)cc1. The van der Waals surface area contributed by atoms with Gasteiger partial charge < -0.3 is 10.1 Å². The number of nitrogens with zero attached hydrogens (tertiary/aromatic N) is 1. The van der Waals surface area contributed by atoms with Gasteiger partial charge in [-0.2, -0.15) is 26.3 Å². The molecule has 44 heavy (non-hydrogen) atoms. The molecule has 0 saturated heterocycles. The number of nitrogens with one attached hydrogen (secondary N) is 1. The molecule has 3 aromatic carbocycles. The first kappa shape index (κ1) is 32.3. The van der Waals surface area contributed by atoms with E-state index in [4.69, 9.17) is 15.2 Å². The number of carbonyl (C=O) groups excluding carboxylic acids is 2. The lowest BCUT2D eigenvalue weighted by molar-refractivity contribution is -0.299. The fraction of sp³-hybridized carbons (Fsp3) is 0.226. The molecule has 7 nitrogen and oxygen atoms in total. The lowest BCUT2D eigenvalue weighted by Crippen LogP contribution is -2.28. The number of benzene rings is 2. The quantitative estimate of drug-likeness (QED) is 0.147. The maximum atomic E-state index is 13.2. The molecule has 4 rings (SSSR count). The average molecular weight is 619 g/mol. The van der Waals surface area contributed by atoms with Crippen molar-refractivity contribution in [3.8, 4) is 5.75 Å². The second-order valence-corrected chi connectivity index (χ2v) is 9.74. The van der Waals surface area contributed by atoms with Crippen LogP contribution in [0.4, 0.5) is 26.3 Å². The van der Waals surface area contributed by atoms with Gasteiger partial charge in [0.1, 0.15) is 5.75 Å². The normalized spacial score (nSPS) is 14.6. The minimum Gasteiger partial charge on any atom is -0.484 e. The van der Waals surface area contributed by atoms with Crippen molar-refractivity contribution in [2.45, 2.75) is 31.7 Å². The van der Waals surface area contributed by atoms with Crippen molar-refractivity contribution >= 4 is 23.8 Å². The lowest BCUT2D eigenvalue weighted by atomic mass is 9.85. The largest absolute Gasteiger partial charge is 0.484 e. The molecule has 1 amide bonds. The summed E-state index contributed by atoms with van der Waals surface area (Å²) < 4.78 is 84.8. The van der Waals surface area contributed by atoms with Crippen LogP contribution in [0.3, 0.4) is 0 Å². The molecule has 1 aliphatic carbocycles. The number of halogens is 6. The number of rotatable bonds is 9. The third kappa shape index (κ3) is 8.70. The zero-order valence-electron chi connectivity index (χ0n) is 22.7. The fourth-order valence-corrected chi connectivity index (χ4v) is 4.34. The molecule has 0 radical (unpaired) electrons. The number of Topliss-reactive ketones (excluding diaryl/α,β-unsaturated/α-hetero) is 1. The van der Waals surface area contributed by atoms with Gasteiger partial charge in [-0.15, -0.1) is 0 Å². The van der Waals surface area contributed by atoms with Crippen LogP contribution in [0.25, 0.3) is 12.2 Å². The van der Waals surface area contributed by atoms with Gasteiger partial charge in [0.05, 0.1) is 24.2 Å². The Morgan fingerprint density at radius 2 is 1.66 bits per heavy atom. The highest BCUT2D eigenvalue weighted by Crippen LogP contribution is 2.37. The number of ketones is 1. The van der Waals surface area contributed by atoms with Gasteiger partial charge in [-0.1, -0.05) is 23.4 Å². The molecule has 0 unspecified atom stereocenters. The van der Waals surface area contributed by atoms with Crippen LogP contribution in [0.5, 0.6) is 5.75 Å². The number of hydrogen-bond acceptors (Lipinski definition) is 6. The van der Waals surface area contributed by atoms with Gasteiger partial charge in [-0.3, -0.25) is 20.0 Å². The van der Waals surface area contributed by atoms with Crippen LogP contribution in [0.15, 0.2) is 60.2 Å². The number of carbonyl (C=O) groups is 2. The maximum Gasteiger partial charge on any atom is 0.416 e. The van der Waals surface area contributed by atoms with Crippen LogP contribution in [0, 0.1) is 12.1 Å². The second kappa shape index (κ2) is 13.3. The number of allylic oxidation sites excluding steroid dienone is 1. The van der Waals surface area contributed by atoms with Crippen LogP contribution in [-0.2, 0) is 30.1 Å². The summed E-state index contributed by atoms with van der Waals surface area (Å²) in [5.41, 5.74) is -1.17. The summed E-state index contributed by atoms with van der Waals surface area (Å²) in [6.07, 6.45) is -5.49. The molecule has 0 aliphatic heterocycles. The van der Waals surface area contributed by atoms with Crippen molar-refractivity contribution in [2.24, 2.45) is 0 Å². The number of fused-ring (bicyclic) bond motifs is 1. The molecule has 0 saturated carbocycles. The molecule has 0 heterocycles. The highest BCUT2D eigenvalue weighted by atomic mass is 19.4. The molecule has 0 fully saturated rings. The summed E-state index contributed by atoms with van der Waals surface area (Å²) in [7, 11) is 0. The van der Waals surface area contributed by atoms with Crippen molar-refractivity contribution in [1.82, 2.24) is 10.5 Å². The highest BCUT2D eigenvalue weighted by Gasteiger charge is 2.37. The summed E-state index contributed by atoms with van der Waals surface area (Å²) in [4.78, 5) is 25.3. The fourth-order valence-electron chi connectivity index (χ4n) is 4.34. The summed E-state index contributed by atoms with van der Waals surface area (Å²) in [6.45, 7) is -0.283. The molecule has 1 aliphatic rings. The minimum atomic E-state index is -5.00. The monoisotopic (exact) mass is 618 g/mol. The summed E-state index contributed by atoms with van der Waals surface area (Å²) >= 11 is 0. The predicted molar refractivity (Wildman–Crippen MR) is 144 cm³/mol. The molecule has 0 spiro atoms. The molecule has 13 heteroatoms. The average Bonchev–Trinajstić information content (AvgIpc) is 2.96. The van der Waals surface area contributed by atoms with Crippen LogP contribution in [0.1, 0.15) is 50.2 Å². The van der Waals surface area contributed by atoms with Crippen molar-refractivity contribution in [1.29, 1.82) is 0 Å². The Kier molecular flexibility index (Phi) is 9.78. The summed E-state index contributed by atoms with van der Waals surface area (Å²) in [6, 6.07) is 14.8. The number of ether oxygens (including phenoxy) is 1. The molecule has 3 aromatic rings. The Hall–Kier alpha value is -4.64. The Balaban J connectivity index is 1.36. The van der Waals surface area contributed by atoms with E-state index in [1.807, 2.05) is 0 Å². The van der Waals surface area contributed by atoms with Crippen LogP contribution < -0.4 is 10.1 Å². The molecule has 0 atom stereocenters. The third-order valence-corrected chi connectivity index (χ3v) is 6.47. The smallest absolute Gasteiger partial charge is 0.416 e. The first-order chi connectivity index (χ1) is 20.7.